The van der Waals surface area contributed by atoms with Crippen LogP contribution >= 0.6 is 12.2 Å². The van der Waals surface area contributed by atoms with Crippen molar-refractivity contribution in [1.29, 1.82) is 0 Å². The Morgan fingerprint density at radius 1 is 1.07 bits per heavy atom. The van der Waals surface area contributed by atoms with E-state index in [1.165, 1.54) is 0 Å². The molecule has 3 N–H and O–H groups in total. The van der Waals surface area contributed by atoms with Crippen LogP contribution in [0.15, 0.2) is 61.2 Å². The SMILES string of the molecule is C=CCOc1ccccc1C(=O)NNC(=S)NC(=O)c1cccc(OCC(C)C)c1. The molecular weight excluding hydrogens is 402 g/mol. The molecule has 0 aliphatic heterocycles. The fourth-order valence-electron chi connectivity index (χ4n) is 2.31. The van der Waals surface area contributed by atoms with Crippen LogP contribution in [-0.2, 0) is 0 Å². The van der Waals surface area contributed by atoms with E-state index < -0.39 is 11.8 Å². The summed E-state index contributed by atoms with van der Waals surface area (Å²) in [6.07, 6.45) is 1.58. The van der Waals surface area contributed by atoms with Crippen molar-refractivity contribution < 1.29 is 19.1 Å². The Morgan fingerprint density at radius 2 is 1.83 bits per heavy atom. The van der Waals surface area contributed by atoms with Crippen LogP contribution < -0.4 is 25.6 Å². The molecule has 0 bridgehead atoms. The van der Waals surface area contributed by atoms with E-state index in [2.05, 4.69) is 22.7 Å². The van der Waals surface area contributed by atoms with Gasteiger partial charge in [0.2, 0.25) is 0 Å². The Morgan fingerprint density at radius 3 is 2.57 bits per heavy atom. The summed E-state index contributed by atoms with van der Waals surface area (Å²) in [6, 6.07) is 13.5. The minimum absolute atomic E-state index is 0.0497. The van der Waals surface area contributed by atoms with Crippen LogP contribution in [0.2, 0.25) is 0 Å². The van der Waals surface area contributed by atoms with Gasteiger partial charge in [0.1, 0.15) is 18.1 Å². The highest BCUT2D eigenvalue weighted by Crippen LogP contribution is 2.17. The van der Waals surface area contributed by atoms with Crippen LogP contribution in [0.1, 0.15) is 34.6 Å². The molecule has 2 amide bonds. The lowest BCUT2D eigenvalue weighted by Gasteiger charge is -2.13. The van der Waals surface area contributed by atoms with Crippen molar-refractivity contribution in [1.82, 2.24) is 16.2 Å². The number of hydrazine groups is 1. The first-order valence-corrected chi connectivity index (χ1v) is 9.78. The molecule has 30 heavy (non-hydrogen) atoms. The van der Waals surface area contributed by atoms with E-state index in [1.807, 2.05) is 13.8 Å². The van der Waals surface area contributed by atoms with Gasteiger partial charge in [0, 0.05) is 5.56 Å². The van der Waals surface area contributed by atoms with Gasteiger partial charge in [-0.05, 0) is 48.5 Å². The van der Waals surface area contributed by atoms with E-state index in [-0.39, 0.29) is 11.7 Å². The fourth-order valence-corrected chi connectivity index (χ4v) is 2.45. The highest BCUT2D eigenvalue weighted by molar-refractivity contribution is 7.80. The number of hydrogen-bond acceptors (Lipinski definition) is 5. The van der Waals surface area contributed by atoms with Gasteiger partial charge in [-0.1, -0.05) is 44.7 Å². The van der Waals surface area contributed by atoms with E-state index in [0.717, 1.165) is 0 Å². The van der Waals surface area contributed by atoms with Crippen LogP contribution in [-0.4, -0.2) is 30.1 Å². The minimum atomic E-state index is -0.463. The average molecular weight is 428 g/mol. The maximum absolute atomic E-state index is 12.4. The van der Waals surface area contributed by atoms with Crippen molar-refractivity contribution in [3.05, 3.63) is 72.3 Å². The molecule has 0 spiro atoms. The number of benzene rings is 2. The second kappa shape index (κ2) is 11.6. The molecule has 158 valence electrons. The number of thiocarbonyl (C=S) groups is 1. The molecule has 0 saturated heterocycles. The quantitative estimate of drug-likeness (QED) is 0.341. The van der Waals surface area contributed by atoms with Crippen molar-refractivity contribution in [3.8, 4) is 11.5 Å². The summed E-state index contributed by atoms with van der Waals surface area (Å²) in [5, 5.41) is 2.46. The van der Waals surface area contributed by atoms with Crippen molar-refractivity contribution in [2.24, 2.45) is 5.92 Å². The van der Waals surface area contributed by atoms with E-state index in [9.17, 15) is 9.59 Å². The Kier molecular flexibility index (Phi) is 8.83. The standard InChI is InChI=1S/C22H25N3O4S/c1-4-12-28-19-11-6-5-10-18(19)21(27)24-25-22(30)23-20(26)16-8-7-9-17(13-16)29-14-15(2)3/h4-11,13,15H,1,12,14H2,2-3H3,(H,24,27)(H2,23,25,26,30). The Labute approximate surface area is 181 Å². The molecule has 7 nitrogen and oxygen atoms in total. The van der Waals surface area contributed by atoms with Crippen LogP contribution in [0.25, 0.3) is 0 Å². The number of carbonyl (C=O) groups is 2. The lowest BCUT2D eigenvalue weighted by molar-refractivity contribution is 0.0931. The number of hydrogen-bond donors (Lipinski definition) is 3. The number of para-hydroxylation sites is 1. The molecule has 2 rings (SSSR count). The van der Waals surface area contributed by atoms with Gasteiger partial charge in [0.05, 0.1) is 12.2 Å². The van der Waals surface area contributed by atoms with Crippen LogP contribution in [0, 0.1) is 5.92 Å². The molecule has 2 aromatic carbocycles. The highest BCUT2D eigenvalue weighted by atomic mass is 32.1. The summed E-state index contributed by atoms with van der Waals surface area (Å²) < 4.78 is 11.1. The maximum atomic E-state index is 12.4. The molecule has 2 aromatic rings. The highest BCUT2D eigenvalue weighted by Gasteiger charge is 2.13. The summed E-state index contributed by atoms with van der Waals surface area (Å²) in [4.78, 5) is 24.8. The Hall–Kier alpha value is -3.39. The van der Waals surface area contributed by atoms with Crippen molar-refractivity contribution >= 4 is 29.1 Å². The molecular formula is C22H25N3O4S. The molecule has 0 unspecified atom stereocenters. The predicted molar refractivity (Wildman–Crippen MR) is 120 cm³/mol. The molecule has 8 heteroatoms. The second-order valence-electron chi connectivity index (χ2n) is 6.69. The van der Waals surface area contributed by atoms with E-state index >= 15 is 0 Å². The molecule has 0 fully saturated rings. The predicted octanol–water partition coefficient (Wildman–Crippen LogP) is 3.24. The monoisotopic (exact) mass is 427 g/mol. The van der Waals surface area contributed by atoms with E-state index in [0.29, 0.717) is 35.2 Å². The molecule has 0 heterocycles. The molecule has 0 saturated carbocycles. The summed E-state index contributed by atoms with van der Waals surface area (Å²) >= 11 is 5.09. The van der Waals surface area contributed by atoms with E-state index in [4.69, 9.17) is 21.7 Å². The first-order valence-electron chi connectivity index (χ1n) is 9.38. The summed E-state index contributed by atoms with van der Waals surface area (Å²) in [5.41, 5.74) is 5.65. The van der Waals surface area contributed by atoms with Gasteiger partial charge in [-0.25, -0.2) is 0 Å². The Bertz CT molecular complexity index is 915. The maximum Gasteiger partial charge on any atom is 0.273 e. The van der Waals surface area contributed by atoms with Crippen LogP contribution in [0.5, 0.6) is 11.5 Å². The average Bonchev–Trinajstić information content (AvgIpc) is 2.75. The number of carbonyl (C=O) groups excluding carboxylic acids is 2. The van der Waals surface area contributed by atoms with Crippen LogP contribution in [0.4, 0.5) is 0 Å². The minimum Gasteiger partial charge on any atom is -0.493 e. The number of amides is 2. The lowest BCUT2D eigenvalue weighted by atomic mass is 10.2. The van der Waals surface area contributed by atoms with Gasteiger partial charge in [0.15, 0.2) is 5.11 Å². The summed E-state index contributed by atoms with van der Waals surface area (Å²) in [5.74, 6) is 0.488. The van der Waals surface area contributed by atoms with Crippen molar-refractivity contribution in [2.75, 3.05) is 13.2 Å². The van der Waals surface area contributed by atoms with Gasteiger partial charge in [-0.2, -0.15) is 0 Å². The molecule has 0 aromatic heterocycles. The third kappa shape index (κ3) is 7.21. The first kappa shape index (κ1) is 22.9. The zero-order valence-corrected chi connectivity index (χ0v) is 17.8. The number of rotatable bonds is 8. The third-order valence-electron chi connectivity index (χ3n) is 3.68. The van der Waals surface area contributed by atoms with Crippen molar-refractivity contribution in [2.45, 2.75) is 13.8 Å². The van der Waals surface area contributed by atoms with Crippen LogP contribution in [0.3, 0.4) is 0 Å². The molecule has 0 aliphatic rings. The van der Waals surface area contributed by atoms with Gasteiger partial charge in [-0.15, -0.1) is 0 Å². The Balaban J connectivity index is 1.90. The van der Waals surface area contributed by atoms with Crippen molar-refractivity contribution in [3.63, 3.8) is 0 Å². The van der Waals surface area contributed by atoms with Gasteiger partial charge < -0.3 is 9.47 Å². The third-order valence-corrected chi connectivity index (χ3v) is 3.89. The lowest BCUT2D eigenvalue weighted by Crippen LogP contribution is -2.48. The summed E-state index contributed by atoms with van der Waals surface area (Å²) in [6.45, 7) is 8.48. The topological polar surface area (TPSA) is 88.7 Å². The molecule has 0 atom stereocenters. The smallest absolute Gasteiger partial charge is 0.273 e. The number of nitrogens with one attached hydrogen (secondary N) is 3. The molecule has 0 radical (unpaired) electrons. The molecule has 0 aliphatic carbocycles. The van der Waals surface area contributed by atoms with Gasteiger partial charge >= 0.3 is 0 Å². The fraction of sp³-hybridized carbons (Fsp3) is 0.227. The zero-order chi connectivity index (χ0) is 21.9. The largest absolute Gasteiger partial charge is 0.493 e. The summed E-state index contributed by atoms with van der Waals surface area (Å²) in [7, 11) is 0. The normalized spacial score (nSPS) is 10.1. The zero-order valence-electron chi connectivity index (χ0n) is 16.9. The van der Waals surface area contributed by atoms with Gasteiger partial charge in [-0.3, -0.25) is 25.8 Å². The van der Waals surface area contributed by atoms with E-state index in [1.54, 1.807) is 54.6 Å². The second-order valence-corrected chi connectivity index (χ2v) is 7.10. The van der Waals surface area contributed by atoms with Gasteiger partial charge in [0.25, 0.3) is 11.8 Å². The number of ether oxygens (including phenoxy) is 2. The first-order chi connectivity index (χ1) is 14.4.